The first-order valence-electron chi connectivity index (χ1n) is 6.69. The van der Waals surface area contributed by atoms with E-state index >= 15 is 0 Å². The van der Waals surface area contributed by atoms with Crippen LogP contribution in [-0.2, 0) is 0 Å². The lowest BCUT2D eigenvalue weighted by molar-refractivity contribution is 0.0558. The molecule has 2 heterocycles. The van der Waals surface area contributed by atoms with Crippen molar-refractivity contribution in [3.05, 3.63) is 18.2 Å². The highest BCUT2D eigenvalue weighted by Gasteiger charge is 2.33. The molecule has 1 fully saturated rings. The second-order valence-electron chi connectivity index (χ2n) is 5.48. The van der Waals surface area contributed by atoms with Crippen LogP contribution >= 0.6 is 0 Å². The first kappa shape index (κ1) is 12.3. The van der Waals surface area contributed by atoms with Crippen LogP contribution in [0.1, 0.15) is 31.5 Å². The fraction of sp³-hybridized carbons (Fsp3) is 0.615. The average Bonchev–Trinajstić information content (AvgIpc) is 2.97. The maximum atomic E-state index is 10.5. The standard InChI is InChI=1S/C13H19N5O/c1-10-15-16-12-11(14-7-8-18(10)12)17(2)9-13(19)5-3-4-6-13/h7-8,19H,3-6,9H2,1-2H3. The lowest BCUT2D eigenvalue weighted by Gasteiger charge is -2.29. The minimum Gasteiger partial charge on any atom is -0.388 e. The van der Waals surface area contributed by atoms with Crippen molar-refractivity contribution >= 4 is 11.5 Å². The van der Waals surface area contributed by atoms with Crippen molar-refractivity contribution in [2.45, 2.75) is 38.2 Å². The highest BCUT2D eigenvalue weighted by molar-refractivity contribution is 5.63. The Hall–Kier alpha value is -1.69. The SMILES string of the molecule is Cc1nnc2c(N(C)CC3(O)CCCC3)nccn12. The van der Waals surface area contributed by atoms with E-state index in [-0.39, 0.29) is 0 Å². The summed E-state index contributed by atoms with van der Waals surface area (Å²) in [7, 11) is 1.95. The quantitative estimate of drug-likeness (QED) is 0.898. The topological polar surface area (TPSA) is 66.5 Å². The van der Waals surface area contributed by atoms with Gasteiger partial charge in [0.25, 0.3) is 0 Å². The summed E-state index contributed by atoms with van der Waals surface area (Å²) < 4.78 is 1.91. The van der Waals surface area contributed by atoms with Gasteiger partial charge in [-0.25, -0.2) is 4.98 Å². The molecule has 0 unspecified atom stereocenters. The predicted octanol–water partition coefficient (Wildman–Crippen LogP) is 1.17. The molecule has 1 aliphatic carbocycles. The van der Waals surface area contributed by atoms with E-state index in [0.29, 0.717) is 6.54 Å². The zero-order valence-corrected chi connectivity index (χ0v) is 11.4. The zero-order chi connectivity index (χ0) is 13.5. The molecule has 1 saturated carbocycles. The molecule has 0 aliphatic heterocycles. The molecule has 0 radical (unpaired) electrons. The maximum absolute atomic E-state index is 10.5. The van der Waals surface area contributed by atoms with Crippen molar-refractivity contribution in [2.24, 2.45) is 0 Å². The molecule has 0 atom stereocenters. The number of hydrogen-bond acceptors (Lipinski definition) is 5. The summed E-state index contributed by atoms with van der Waals surface area (Å²) in [5.41, 5.74) is 0.155. The Morgan fingerprint density at radius 3 is 2.84 bits per heavy atom. The van der Waals surface area contributed by atoms with E-state index < -0.39 is 5.60 Å². The van der Waals surface area contributed by atoms with E-state index in [1.54, 1.807) is 6.20 Å². The molecular formula is C13H19N5O. The summed E-state index contributed by atoms with van der Waals surface area (Å²) in [6, 6.07) is 0. The van der Waals surface area contributed by atoms with Crippen LogP contribution in [0.25, 0.3) is 5.65 Å². The molecule has 2 aromatic rings. The molecule has 19 heavy (non-hydrogen) atoms. The number of aromatic nitrogens is 4. The summed E-state index contributed by atoms with van der Waals surface area (Å²) in [5.74, 6) is 1.61. The Bertz CT molecular complexity index is 588. The predicted molar refractivity (Wildman–Crippen MR) is 72.2 cm³/mol. The molecule has 102 valence electrons. The lowest BCUT2D eigenvalue weighted by atomic mass is 10.0. The zero-order valence-electron chi connectivity index (χ0n) is 11.4. The van der Waals surface area contributed by atoms with Gasteiger partial charge < -0.3 is 10.0 Å². The van der Waals surface area contributed by atoms with Crippen LogP contribution in [-0.4, -0.2) is 43.9 Å². The summed E-state index contributed by atoms with van der Waals surface area (Å²) in [6.45, 7) is 2.50. The van der Waals surface area contributed by atoms with Crippen LogP contribution in [0.15, 0.2) is 12.4 Å². The van der Waals surface area contributed by atoms with Crippen molar-refractivity contribution in [1.82, 2.24) is 19.6 Å². The molecule has 6 nitrogen and oxygen atoms in total. The van der Waals surface area contributed by atoms with Gasteiger partial charge in [-0.1, -0.05) is 12.8 Å². The van der Waals surface area contributed by atoms with Gasteiger partial charge in [0.05, 0.1) is 5.60 Å². The highest BCUT2D eigenvalue weighted by atomic mass is 16.3. The normalized spacial score (nSPS) is 18.1. The van der Waals surface area contributed by atoms with Crippen molar-refractivity contribution in [1.29, 1.82) is 0 Å². The van der Waals surface area contributed by atoms with E-state index in [0.717, 1.165) is 43.0 Å². The Balaban J connectivity index is 1.91. The van der Waals surface area contributed by atoms with Gasteiger partial charge in [0, 0.05) is 26.0 Å². The van der Waals surface area contributed by atoms with E-state index in [4.69, 9.17) is 0 Å². The molecule has 0 bridgehead atoms. The van der Waals surface area contributed by atoms with Crippen molar-refractivity contribution < 1.29 is 5.11 Å². The van der Waals surface area contributed by atoms with Gasteiger partial charge >= 0.3 is 0 Å². The maximum Gasteiger partial charge on any atom is 0.203 e. The summed E-state index contributed by atoms with van der Waals surface area (Å²) in [4.78, 5) is 6.37. The minimum absolute atomic E-state index is 0.585. The molecule has 0 aromatic carbocycles. The third-order valence-electron chi connectivity index (χ3n) is 3.91. The van der Waals surface area contributed by atoms with Crippen LogP contribution in [0.5, 0.6) is 0 Å². The third-order valence-corrected chi connectivity index (χ3v) is 3.91. The lowest BCUT2D eigenvalue weighted by Crippen LogP contribution is -2.39. The van der Waals surface area contributed by atoms with Gasteiger partial charge in [-0.05, 0) is 19.8 Å². The Morgan fingerprint density at radius 1 is 1.37 bits per heavy atom. The molecule has 0 saturated heterocycles. The van der Waals surface area contributed by atoms with Crippen LogP contribution in [0.3, 0.4) is 0 Å². The molecule has 3 rings (SSSR count). The van der Waals surface area contributed by atoms with E-state index in [9.17, 15) is 5.11 Å². The number of aliphatic hydroxyl groups is 1. The fourth-order valence-corrected chi connectivity index (χ4v) is 2.91. The first-order chi connectivity index (χ1) is 9.09. The summed E-state index contributed by atoms with van der Waals surface area (Å²) in [5, 5.41) is 18.7. The summed E-state index contributed by atoms with van der Waals surface area (Å²) in [6.07, 6.45) is 7.54. The number of likely N-dealkylation sites (N-methyl/N-ethyl adjacent to an activating group) is 1. The van der Waals surface area contributed by atoms with Gasteiger partial charge in [0.15, 0.2) is 5.82 Å². The van der Waals surface area contributed by atoms with Gasteiger partial charge in [-0.15, -0.1) is 10.2 Å². The average molecular weight is 261 g/mol. The molecule has 1 N–H and O–H groups in total. The number of anilines is 1. The van der Waals surface area contributed by atoms with Crippen LogP contribution in [0.4, 0.5) is 5.82 Å². The summed E-state index contributed by atoms with van der Waals surface area (Å²) >= 11 is 0. The number of hydrogen-bond donors (Lipinski definition) is 1. The van der Waals surface area contributed by atoms with Crippen LogP contribution in [0.2, 0.25) is 0 Å². The van der Waals surface area contributed by atoms with Crippen molar-refractivity contribution in [3.8, 4) is 0 Å². The smallest absolute Gasteiger partial charge is 0.203 e. The Kier molecular flexibility index (Phi) is 2.89. The van der Waals surface area contributed by atoms with Gasteiger partial charge in [0.1, 0.15) is 5.82 Å². The van der Waals surface area contributed by atoms with E-state index in [1.165, 1.54) is 0 Å². The molecule has 0 amide bonds. The third kappa shape index (κ3) is 2.16. The largest absolute Gasteiger partial charge is 0.388 e. The first-order valence-corrected chi connectivity index (χ1v) is 6.69. The molecule has 1 aliphatic rings. The fourth-order valence-electron chi connectivity index (χ4n) is 2.91. The van der Waals surface area contributed by atoms with Crippen LogP contribution < -0.4 is 4.90 Å². The van der Waals surface area contributed by atoms with Gasteiger partial charge in [-0.2, -0.15) is 0 Å². The highest BCUT2D eigenvalue weighted by Crippen LogP contribution is 2.31. The van der Waals surface area contributed by atoms with Gasteiger partial charge in [0.2, 0.25) is 5.65 Å². The molecule has 6 heteroatoms. The van der Waals surface area contributed by atoms with E-state index in [1.807, 2.05) is 29.5 Å². The number of rotatable bonds is 3. The monoisotopic (exact) mass is 261 g/mol. The van der Waals surface area contributed by atoms with Gasteiger partial charge in [-0.3, -0.25) is 4.40 Å². The molecule has 2 aromatic heterocycles. The second-order valence-corrected chi connectivity index (χ2v) is 5.48. The van der Waals surface area contributed by atoms with E-state index in [2.05, 4.69) is 15.2 Å². The molecule has 0 spiro atoms. The Labute approximate surface area is 112 Å². The minimum atomic E-state index is -0.585. The van der Waals surface area contributed by atoms with Crippen molar-refractivity contribution in [2.75, 3.05) is 18.5 Å². The van der Waals surface area contributed by atoms with Crippen molar-refractivity contribution in [3.63, 3.8) is 0 Å². The second kappa shape index (κ2) is 4.45. The number of aryl methyl sites for hydroxylation is 1. The van der Waals surface area contributed by atoms with Crippen LogP contribution in [0, 0.1) is 6.92 Å². The number of fused-ring (bicyclic) bond motifs is 1. The number of nitrogens with zero attached hydrogens (tertiary/aromatic N) is 5. The Morgan fingerprint density at radius 2 is 2.11 bits per heavy atom. The molecular weight excluding hydrogens is 242 g/mol.